The van der Waals surface area contributed by atoms with Gasteiger partial charge in [-0.3, -0.25) is 0 Å². The Bertz CT molecular complexity index is 3780. The molecule has 0 radical (unpaired) electrons. The molecule has 0 spiro atoms. The van der Waals surface area contributed by atoms with Crippen molar-refractivity contribution in [1.82, 2.24) is 4.57 Å². The summed E-state index contributed by atoms with van der Waals surface area (Å²) in [6.07, 6.45) is 0. The molecule has 0 N–H and O–H groups in total. The number of anilines is 3. The molecule has 1 aliphatic carbocycles. The Morgan fingerprint density at radius 3 is 1.52 bits per heavy atom. The van der Waals surface area contributed by atoms with Crippen LogP contribution in [0.5, 0.6) is 0 Å². The molecule has 2 nitrogen and oxygen atoms in total. The molecular formula is C67H46N2. The Kier molecular flexibility index (Phi) is 9.77. The van der Waals surface area contributed by atoms with E-state index in [1.807, 2.05) is 0 Å². The molecule has 0 saturated heterocycles. The predicted octanol–water partition coefficient (Wildman–Crippen LogP) is 17.6. The Balaban J connectivity index is 0.977. The van der Waals surface area contributed by atoms with Gasteiger partial charge in [-0.05, 0) is 127 Å². The van der Waals surface area contributed by atoms with Crippen molar-refractivity contribution in [2.45, 2.75) is 5.41 Å². The molecule has 69 heavy (non-hydrogen) atoms. The predicted molar refractivity (Wildman–Crippen MR) is 289 cm³/mol. The van der Waals surface area contributed by atoms with Crippen molar-refractivity contribution in [3.05, 3.63) is 301 Å². The van der Waals surface area contributed by atoms with Crippen molar-refractivity contribution >= 4 is 38.9 Å². The highest BCUT2D eigenvalue weighted by Crippen LogP contribution is 2.56. The normalized spacial score (nSPS) is 12.5. The van der Waals surface area contributed by atoms with Crippen LogP contribution in [0.25, 0.3) is 72.0 Å². The number of aromatic nitrogens is 1. The Hall–Kier alpha value is -8.98. The summed E-state index contributed by atoms with van der Waals surface area (Å²) in [7, 11) is 0. The number of rotatable bonds is 9. The van der Waals surface area contributed by atoms with Gasteiger partial charge in [0.1, 0.15) is 0 Å². The third-order valence-corrected chi connectivity index (χ3v) is 14.3. The van der Waals surface area contributed by atoms with Crippen molar-refractivity contribution in [1.29, 1.82) is 0 Å². The van der Waals surface area contributed by atoms with Gasteiger partial charge in [0.15, 0.2) is 0 Å². The standard InChI is InChI=1S/C67H46N2/c1-6-21-47(22-7-1)57-41-38-55(45-62(57)48-23-8-2-9-24-48)68(53-30-14-5-15-31-53)54-32-20-25-49(43-54)50-37-40-61-60-34-17-19-36-65(60)69(66(61)44-50)56-39-42-59-58-33-16-18-35-63(58)67(64(59)46-56,51-26-10-3-11-27-51)52-28-12-4-13-29-52/h1-46H. The first-order valence-corrected chi connectivity index (χ1v) is 23.8. The third kappa shape index (κ3) is 6.64. The lowest BCUT2D eigenvalue weighted by Gasteiger charge is -2.34. The van der Waals surface area contributed by atoms with E-state index < -0.39 is 5.41 Å². The number of nitrogens with zero attached hydrogens (tertiary/aromatic N) is 2. The second-order valence-electron chi connectivity index (χ2n) is 18.0. The fourth-order valence-electron chi connectivity index (χ4n) is 11.2. The Morgan fingerprint density at radius 2 is 0.797 bits per heavy atom. The number of fused-ring (bicyclic) bond motifs is 6. The average Bonchev–Trinajstić information content (AvgIpc) is 3.92. The van der Waals surface area contributed by atoms with Gasteiger partial charge in [-0.15, -0.1) is 0 Å². The van der Waals surface area contributed by atoms with Crippen molar-refractivity contribution in [3.8, 4) is 50.2 Å². The van der Waals surface area contributed by atoms with Crippen molar-refractivity contribution < 1.29 is 0 Å². The molecule has 1 aromatic heterocycles. The van der Waals surface area contributed by atoms with Crippen LogP contribution >= 0.6 is 0 Å². The zero-order valence-corrected chi connectivity index (χ0v) is 38.0. The van der Waals surface area contributed by atoms with Gasteiger partial charge in [-0.1, -0.05) is 218 Å². The van der Waals surface area contributed by atoms with E-state index in [9.17, 15) is 0 Å². The highest BCUT2D eigenvalue weighted by molar-refractivity contribution is 6.10. The SMILES string of the molecule is c1ccc(-c2ccc(N(c3ccccc3)c3cccc(-c4ccc5c6ccccc6n(-c6ccc7c(c6)C(c6ccccc6)(c6ccccc6)c6ccccc6-7)c5c4)c3)cc2-c2ccccc2)cc1. The molecule has 1 heterocycles. The van der Waals surface area contributed by atoms with Crippen LogP contribution in [0.15, 0.2) is 279 Å². The molecule has 0 saturated carbocycles. The Morgan fingerprint density at radius 1 is 0.275 bits per heavy atom. The molecule has 2 heteroatoms. The minimum absolute atomic E-state index is 0.497. The lowest BCUT2D eigenvalue weighted by molar-refractivity contribution is 0.767. The summed E-state index contributed by atoms with van der Waals surface area (Å²) >= 11 is 0. The molecule has 324 valence electrons. The molecule has 0 unspecified atom stereocenters. The van der Waals surface area contributed by atoms with Crippen LogP contribution in [0.2, 0.25) is 0 Å². The van der Waals surface area contributed by atoms with E-state index in [0.717, 1.165) is 33.9 Å². The van der Waals surface area contributed by atoms with Gasteiger partial charge in [0.05, 0.1) is 16.4 Å². The zero-order valence-electron chi connectivity index (χ0n) is 38.0. The summed E-state index contributed by atoms with van der Waals surface area (Å²) in [4.78, 5) is 2.38. The van der Waals surface area contributed by atoms with Gasteiger partial charge in [0, 0.05) is 33.5 Å². The Labute approximate surface area is 403 Å². The van der Waals surface area contributed by atoms with Gasteiger partial charge in [0.2, 0.25) is 0 Å². The minimum atomic E-state index is -0.497. The summed E-state index contributed by atoms with van der Waals surface area (Å²) in [5, 5.41) is 2.46. The van der Waals surface area contributed by atoms with Crippen LogP contribution in [0.3, 0.4) is 0 Å². The monoisotopic (exact) mass is 878 g/mol. The molecule has 0 aliphatic heterocycles. The largest absolute Gasteiger partial charge is 0.310 e. The molecule has 0 amide bonds. The first-order valence-electron chi connectivity index (χ1n) is 23.8. The number of hydrogen-bond donors (Lipinski definition) is 0. The molecule has 1 aliphatic rings. The maximum Gasteiger partial charge on any atom is 0.0714 e. The second-order valence-corrected chi connectivity index (χ2v) is 18.0. The lowest BCUT2D eigenvalue weighted by atomic mass is 9.67. The first kappa shape index (κ1) is 40.3. The van der Waals surface area contributed by atoms with Crippen LogP contribution in [-0.2, 0) is 5.41 Å². The van der Waals surface area contributed by atoms with Crippen molar-refractivity contribution in [2.75, 3.05) is 4.90 Å². The van der Waals surface area contributed by atoms with Crippen molar-refractivity contribution in [2.24, 2.45) is 0 Å². The maximum absolute atomic E-state index is 2.48. The number of para-hydroxylation sites is 2. The molecule has 0 fully saturated rings. The first-order chi connectivity index (χ1) is 34.2. The minimum Gasteiger partial charge on any atom is -0.310 e. The summed E-state index contributed by atoms with van der Waals surface area (Å²) in [5.74, 6) is 0. The van der Waals surface area contributed by atoms with Crippen LogP contribution in [0.4, 0.5) is 17.1 Å². The maximum atomic E-state index is 2.48. The van der Waals surface area contributed by atoms with E-state index in [-0.39, 0.29) is 0 Å². The molecular weight excluding hydrogens is 833 g/mol. The number of hydrogen-bond acceptors (Lipinski definition) is 1. The molecule has 12 aromatic rings. The van der Waals surface area contributed by atoms with Gasteiger partial charge < -0.3 is 9.47 Å². The molecule has 0 bridgehead atoms. The van der Waals surface area contributed by atoms with Gasteiger partial charge in [-0.2, -0.15) is 0 Å². The van der Waals surface area contributed by atoms with Crippen LogP contribution in [-0.4, -0.2) is 4.57 Å². The fourth-order valence-corrected chi connectivity index (χ4v) is 11.2. The summed E-state index contributed by atoms with van der Waals surface area (Å²) in [6.45, 7) is 0. The van der Waals surface area contributed by atoms with E-state index in [1.165, 1.54) is 77.4 Å². The molecule has 11 aromatic carbocycles. The summed E-state index contributed by atoms with van der Waals surface area (Å²) in [6, 6.07) is 102. The van der Waals surface area contributed by atoms with Crippen molar-refractivity contribution in [3.63, 3.8) is 0 Å². The quantitative estimate of drug-likeness (QED) is 0.140. The van der Waals surface area contributed by atoms with Crippen LogP contribution < -0.4 is 4.90 Å². The summed E-state index contributed by atoms with van der Waals surface area (Å²) < 4.78 is 2.48. The van der Waals surface area contributed by atoms with Gasteiger partial charge in [0.25, 0.3) is 0 Å². The molecule has 13 rings (SSSR count). The highest BCUT2D eigenvalue weighted by atomic mass is 15.1. The summed E-state index contributed by atoms with van der Waals surface area (Å²) in [5.41, 5.74) is 21.0. The van der Waals surface area contributed by atoms with E-state index in [0.29, 0.717) is 0 Å². The van der Waals surface area contributed by atoms with E-state index in [2.05, 4.69) is 289 Å². The van der Waals surface area contributed by atoms with E-state index in [1.54, 1.807) is 0 Å². The van der Waals surface area contributed by atoms with Crippen LogP contribution in [0.1, 0.15) is 22.3 Å². The highest BCUT2D eigenvalue weighted by Gasteiger charge is 2.46. The second kappa shape index (κ2) is 16.7. The smallest absolute Gasteiger partial charge is 0.0714 e. The van der Waals surface area contributed by atoms with Crippen LogP contribution in [0, 0.1) is 0 Å². The third-order valence-electron chi connectivity index (χ3n) is 14.3. The zero-order chi connectivity index (χ0) is 45.7. The number of benzene rings is 11. The van der Waals surface area contributed by atoms with Gasteiger partial charge >= 0.3 is 0 Å². The van der Waals surface area contributed by atoms with Gasteiger partial charge in [-0.25, -0.2) is 0 Å². The average molecular weight is 879 g/mol. The lowest BCUT2D eigenvalue weighted by Crippen LogP contribution is -2.28. The topological polar surface area (TPSA) is 8.17 Å². The fraction of sp³-hybridized carbons (Fsp3) is 0.0149. The van der Waals surface area contributed by atoms with E-state index >= 15 is 0 Å². The van der Waals surface area contributed by atoms with E-state index in [4.69, 9.17) is 0 Å². The molecule has 0 atom stereocenters.